The van der Waals surface area contributed by atoms with E-state index in [1.54, 1.807) is 0 Å². The Morgan fingerprint density at radius 3 is 2.48 bits per heavy atom. The largest absolute Gasteiger partial charge is 0.381 e. The number of hydrogen-bond donors (Lipinski definition) is 2. The van der Waals surface area contributed by atoms with Crippen LogP contribution in [0.15, 0.2) is 40.9 Å². The molecule has 0 saturated heterocycles. The number of aryl methyl sites for hydroxylation is 2. The van der Waals surface area contributed by atoms with Gasteiger partial charge in [-0.25, -0.2) is 0 Å². The highest BCUT2D eigenvalue weighted by Crippen LogP contribution is 2.21. The quantitative estimate of drug-likeness (QED) is 0.846. The summed E-state index contributed by atoms with van der Waals surface area (Å²) in [5.41, 5.74) is 5.38. The van der Waals surface area contributed by atoms with Crippen LogP contribution in [0.4, 0.5) is 11.4 Å². The molecule has 110 valence electrons. The summed E-state index contributed by atoms with van der Waals surface area (Å²) >= 11 is 3.55. The molecule has 2 aromatic carbocycles. The zero-order valence-corrected chi connectivity index (χ0v) is 14.0. The van der Waals surface area contributed by atoms with Gasteiger partial charge >= 0.3 is 0 Å². The minimum absolute atomic E-state index is 0.0525. The van der Waals surface area contributed by atoms with E-state index in [-0.39, 0.29) is 5.91 Å². The van der Waals surface area contributed by atoms with Crippen LogP contribution in [0.1, 0.15) is 23.6 Å². The van der Waals surface area contributed by atoms with Crippen LogP contribution in [0.3, 0.4) is 0 Å². The molecule has 2 rings (SSSR count). The van der Waals surface area contributed by atoms with Gasteiger partial charge in [0.2, 0.25) is 5.91 Å². The fourth-order valence-electron chi connectivity index (χ4n) is 2.05. The van der Waals surface area contributed by atoms with Gasteiger partial charge in [-0.2, -0.15) is 0 Å². The maximum absolute atomic E-state index is 11.1. The van der Waals surface area contributed by atoms with Crippen molar-refractivity contribution in [2.75, 3.05) is 10.6 Å². The Kier molecular flexibility index (Phi) is 5.02. The van der Waals surface area contributed by atoms with E-state index >= 15 is 0 Å². The third-order valence-electron chi connectivity index (χ3n) is 3.27. The SMILES string of the molecule is CC(=O)Nc1ccc(NCc2ccc(C)c(Br)c2)cc1C. The molecule has 0 atom stereocenters. The molecule has 0 heterocycles. The van der Waals surface area contributed by atoms with Gasteiger partial charge in [0.05, 0.1) is 0 Å². The Balaban J connectivity index is 2.04. The summed E-state index contributed by atoms with van der Waals surface area (Å²) in [4.78, 5) is 11.1. The van der Waals surface area contributed by atoms with Crippen molar-refractivity contribution >= 4 is 33.2 Å². The van der Waals surface area contributed by atoms with Crippen molar-refractivity contribution in [1.82, 2.24) is 0 Å². The van der Waals surface area contributed by atoms with Crippen LogP contribution < -0.4 is 10.6 Å². The van der Waals surface area contributed by atoms with Crippen LogP contribution >= 0.6 is 15.9 Å². The molecule has 0 saturated carbocycles. The number of hydrogen-bond acceptors (Lipinski definition) is 2. The van der Waals surface area contributed by atoms with Crippen molar-refractivity contribution in [2.24, 2.45) is 0 Å². The van der Waals surface area contributed by atoms with Crippen molar-refractivity contribution in [3.8, 4) is 0 Å². The second kappa shape index (κ2) is 6.76. The lowest BCUT2D eigenvalue weighted by Gasteiger charge is -2.11. The molecule has 2 aromatic rings. The number of anilines is 2. The van der Waals surface area contributed by atoms with Gasteiger partial charge in [-0.15, -0.1) is 0 Å². The summed E-state index contributed by atoms with van der Waals surface area (Å²) in [7, 11) is 0. The number of amides is 1. The number of rotatable bonds is 4. The number of carbonyl (C=O) groups excluding carboxylic acids is 1. The van der Waals surface area contributed by atoms with Crippen LogP contribution in [0.5, 0.6) is 0 Å². The zero-order chi connectivity index (χ0) is 15.4. The predicted molar refractivity (Wildman–Crippen MR) is 91.7 cm³/mol. The molecule has 0 fully saturated rings. The minimum atomic E-state index is -0.0525. The molecule has 1 amide bonds. The number of benzene rings is 2. The normalized spacial score (nSPS) is 10.3. The number of carbonyl (C=O) groups is 1. The Labute approximate surface area is 133 Å². The Hall–Kier alpha value is -1.81. The number of nitrogens with one attached hydrogen (secondary N) is 2. The standard InChI is InChI=1S/C17H19BrN2O/c1-11-4-5-14(9-16(11)18)10-19-15-6-7-17(12(2)8-15)20-13(3)21/h4-9,19H,10H2,1-3H3,(H,20,21). The van der Waals surface area contributed by atoms with Gasteiger partial charge in [-0.3, -0.25) is 4.79 Å². The monoisotopic (exact) mass is 346 g/mol. The zero-order valence-electron chi connectivity index (χ0n) is 12.5. The minimum Gasteiger partial charge on any atom is -0.381 e. The molecular formula is C17H19BrN2O. The molecule has 0 unspecified atom stereocenters. The average molecular weight is 347 g/mol. The van der Waals surface area contributed by atoms with E-state index in [1.807, 2.05) is 25.1 Å². The van der Waals surface area contributed by atoms with E-state index in [4.69, 9.17) is 0 Å². The molecule has 0 radical (unpaired) electrons. The first kappa shape index (κ1) is 15.6. The summed E-state index contributed by atoms with van der Waals surface area (Å²) in [6.45, 7) is 6.34. The summed E-state index contributed by atoms with van der Waals surface area (Å²) < 4.78 is 1.12. The highest BCUT2D eigenvalue weighted by molar-refractivity contribution is 9.10. The molecule has 4 heteroatoms. The van der Waals surface area contributed by atoms with Gasteiger partial charge in [-0.1, -0.05) is 28.1 Å². The molecule has 0 spiro atoms. The van der Waals surface area contributed by atoms with Gasteiger partial charge in [0.15, 0.2) is 0 Å². The average Bonchev–Trinajstić information content (AvgIpc) is 2.42. The van der Waals surface area contributed by atoms with Gasteiger partial charge in [0.1, 0.15) is 0 Å². The summed E-state index contributed by atoms with van der Waals surface area (Å²) in [6.07, 6.45) is 0. The van der Waals surface area contributed by atoms with Crippen LogP contribution in [0.25, 0.3) is 0 Å². The maximum atomic E-state index is 11.1. The lowest BCUT2D eigenvalue weighted by Crippen LogP contribution is -2.07. The van der Waals surface area contributed by atoms with Crippen LogP contribution in [0, 0.1) is 13.8 Å². The Bertz CT molecular complexity index is 668. The topological polar surface area (TPSA) is 41.1 Å². The highest BCUT2D eigenvalue weighted by Gasteiger charge is 2.02. The van der Waals surface area contributed by atoms with Gasteiger partial charge in [-0.05, 0) is 54.8 Å². The summed E-state index contributed by atoms with van der Waals surface area (Å²) in [5.74, 6) is -0.0525. The van der Waals surface area contributed by atoms with Crippen LogP contribution in [-0.2, 0) is 11.3 Å². The van der Waals surface area contributed by atoms with Crippen molar-refractivity contribution in [1.29, 1.82) is 0 Å². The van der Waals surface area contributed by atoms with Crippen molar-refractivity contribution in [3.63, 3.8) is 0 Å². The van der Waals surface area contributed by atoms with Crippen molar-refractivity contribution in [2.45, 2.75) is 27.3 Å². The second-order valence-electron chi connectivity index (χ2n) is 5.15. The first-order valence-corrected chi connectivity index (χ1v) is 7.62. The summed E-state index contributed by atoms with van der Waals surface area (Å²) in [6, 6.07) is 12.3. The molecule has 0 aromatic heterocycles. The van der Waals surface area contributed by atoms with Gasteiger partial charge in [0, 0.05) is 29.3 Å². The molecule has 0 aliphatic carbocycles. The van der Waals surface area contributed by atoms with E-state index in [0.717, 1.165) is 28.0 Å². The maximum Gasteiger partial charge on any atom is 0.221 e. The van der Waals surface area contributed by atoms with E-state index in [0.29, 0.717) is 0 Å². The van der Waals surface area contributed by atoms with Crippen LogP contribution in [-0.4, -0.2) is 5.91 Å². The van der Waals surface area contributed by atoms with Gasteiger partial charge in [0.25, 0.3) is 0 Å². The summed E-state index contributed by atoms with van der Waals surface area (Å²) in [5, 5.41) is 6.21. The molecule has 21 heavy (non-hydrogen) atoms. The smallest absolute Gasteiger partial charge is 0.221 e. The van der Waals surface area contributed by atoms with E-state index in [9.17, 15) is 4.79 Å². The second-order valence-corrected chi connectivity index (χ2v) is 6.00. The molecule has 3 nitrogen and oxygen atoms in total. The first-order valence-electron chi connectivity index (χ1n) is 6.83. The van der Waals surface area contributed by atoms with E-state index in [2.05, 4.69) is 51.7 Å². The van der Waals surface area contributed by atoms with Crippen molar-refractivity contribution in [3.05, 3.63) is 57.6 Å². The molecule has 2 N–H and O–H groups in total. The number of halogens is 1. The Morgan fingerprint density at radius 1 is 1.10 bits per heavy atom. The van der Waals surface area contributed by atoms with Gasteiger partial charge < -0.3 is 10.6 Å². The predicted octanol–water partition coefficient (Wildman–Crippen LogP) is 4.64. The fourth-order valence-corrected chi connectivity index (χ4v) is 2.48. The van der Waals surface area contributed by atoms with E-state index < -0.39 is 0 Å². The lowest BCUT2D eigenvalue weighted by atomic mass is 10.1. The fraction of sp³-hybridized carbons (Fsp3) is 0.235. The van der Waals surface area contributed by atoms with E-state index in [1.165, 1.54) is 18.1 Å². The molecule has 0 aliphatic heterocycles. The Morgan fingerprint density at radius 2 is 1.86 bits per heavy atom. The highest BCUT2D eigenvalue weighted by atomic mass is 79.9. The first-order chi connectivity index (χ1) is 9.95. The third-order valence-corrected chi connectivity index (χ3v) is 4.12. The lowest BCUT2D eigenvalue weighted by molar-refractivity contribution is -0.114. The molecular weight excluding hydrogens is 328 g/mol. The molecule has 0 aliphatic rings. The van der Waals surface area contributed by atoms with Crippen molar-refractivity contribution < 1.29 is 4.79 Å². The molecule has 0 bridgehead atoms. The third kappa shape index (κ3) is 4.33. The van der Waals surface area contributed by atoms with Crippen LogP contribution in [0.2, 0.25) is 0 Å².